The van der Waals surface area contributed by atoms with E-state index in [1.54, 1.807) is 14.2 Å². The number of para-hydroxylation sites is 1. The lowest BCUT2D eigenvalue weighted by Crippen LogP contribution is -2.38. The van der Waals surface area contributed by atoms with Gasteiger partial charge in [0.15, 0.2) is 13.6 Å². The van der Waals surface area contributed by atoms with E-state index in [1.165, 1.54) is 0 Å². The van der Waals surface area contributed by atoms with Gasteiger partial charge in [-0.05, 0) is 68.5 Å². The largest absolute Gasteiger partial charge is 0.468 e. The number of morpholine rings is 1. The third kappa shape index (κ3) is 8.91. The van der Waals surface area contributed by atoms with Gasteiger partial charge in [-0.25, -0.2) is 0 Å². The van der Waals surface area contributed by atoms with Gasteiger partial charge in [0.25, 0.3) is 5.91 Å². The van der Waals surface area contributed by atoms with Gasteiger partial charge in [-0.15, -0.1) is 0 Å². The van der Waals surface area contributed by atoms with E-state index in [9.17, 15) is 4.79 Å². The first kappa shape index (κ1) is 34.4. The Morgan fingerprint density at radius 3 is 2.02 bits per heavy atom. The SMILES string of the molecule is COCOc1ccc(C(c2ccc(OCOC)cc2)c2c(C(=O)NCCCN3CCOCC3)n(CCN(C)C)c3ccccc23)cc1. The summed E-state index contributed by atoms with van der Waals surface area (Å²) in [4.78, 5) is 19.0. The Labute approximate surface area is 278 Å². The van der Waals surface area contributed by atoms with Crippen LogP contribution in [0.4, 0.5) is 0 Å². The van der Waals surface area contributed by atoms with Gasteiger partial charge in [0.05, 0.1) is 13.2 Å². The van der Waals surface area contributed by atoms with E-state index in [2.05, 4.69) is 70.2 Å². The van der Waals surface area contributed by atoms with E-state index in [4.69, 9.17) is 23.7 Å². The number of fused-ring (bicyclic) bond motifs is 1. The normalized spacial score (nSPS) is 13.8. The highest BCUT2D eigenvalue weighted by atomic mass is 16.7. The fourth-order valence-electron chi connectivity index (χ4n) is 6.11. The van der Waals surface area contributed by atoms with E-state index >= 15 is 0 Å². The number of hydrogen-bond donors (Lipinski definition) is 1. The van der Waals surface area contributed by atoms with Crippen LogP contribution < -0.4 is 14.8 Å². The lowest BCUT2D eigenvalue weighted by atomic mass is 9.83. The molecule has 10 heteroatoms. The van der Waals surface area contributed by atoms with Crippen molar-refractivity contribution in [2.45, 2.75) is 18.9 Å². The second kappa shape index (κ2) is 17.3. The number of hydrogen-bond acceptors (Lipinski definition) is 8. The number of methoxy groups -OCH3 is 2. The molecule has 2 heterocycles. The van der Waals surface area contributed by atoms with Crippen LogP contribution in [0.2, 0.25) is 0 Å². The average Bonchev–Trinajstić information content (AvgIpc) is 3.42. The fraction of sp³-hybridized carbons (Fsp3) is 0.432. The molecule has 0 saturated carbocycles. The number of carbonyl (C=O) groups is 1. The van der Waals surface area contributed by atoms with Crippen LogP contribution in [-0.2, 0) is 20.8 Å². The highest BCUT2D eigenvalue weighted by Gasteiger charge is 2.30. The van der Waals surface area contributed by atoms with Gasteiger partial charge >= 0.3 is 0 Å². The minimum Gasteiger partial charge on any atom is -0.468 e. The highest BCUT2D eigenvalue weighted by Crippen LogP contribution is 2.41. The Balaban J connectivity index is 1.58. The standard InChI is InChI=1S/C37H48N4O6/c1-39(2)20-21-41-33-9-6-5-8-32(33)35(36(41)37(42)38-18-7-19-40-22-24-45-25-23-40)34(28-10-14-30(15-11-28)46-26-43-3)29-12-16-31(17-13-29)47-27-44-4/h5-6,8-17,34H,7,18-27H2,1-4H3,(H,38,42). The first-order chi connectivity index (χ1) is 23.0. The van der Waals surface area contributed by atoms with E-state index in [0.717, 1.165) is 73.4 Å². The molecule has 1 aromatic heterocycles. The summed E-state index contributed by atoms with van der Waals surface area (Å²) in [5, 5.41) is 4.34. The van der Waals surface area contributed by atoms with Gasteiger partial charge in [-0.3, -0.25) is 9.69 Å². The molecule has 0 unspecified atom stereocenters. The summed E-state index contributed by atoms with van der Waals surface area (Å²) >= 11 is 0. The fourth-order valence-corrected chi connectivity index (χ4v) is 6.11. The molecule has 0 spiro atoms. The van der Waals surface area contributed by atoms with Gasteiger partial charge in [-0.1, -0.05) is 42.5 Å². The predicted octanol–water partition coefficient (Wildman–Crippen LogP) is 4.80. The predicted molar refractivity (Wildman–Crippen MR) is 184 cm³/mol. The smallest absolute Gasteiger partial charge is 0.268 e. The second-order valence-electron chi connectivity index (χ2n) is 12.0. The Morgan fingerprint density at radius 2 is 1.45 bits per heavy atom. The summed E-state index contributed by atoms with van der Waals surface area (Å²) in [6.07, 6.45) is 0.869. The third-order valence-electron chi connectivity index (χ3n) is 8.44. The maximum atomic E-state index is 14.4. The number of ether oxygens (including phenoxy) is 5. The van der Waals surface area contributed by atoms with E-state index in [0.29, 0.717) is 30.3 Å². The molecule has 47 heavy (non-hydrogen) atoms. The van der Waals surface area contributed by atoms with Gasteiger partial charge in [0, 0.05) is 69.3 Å². The molecule has 5 rings (SSSR count). The minimum atomic E-state index is -0.248. The quantitative estimate of drug-likeness (QED) is 0.130. The van der Waals surface area contributed by atoms with Crippen LogP contribution in [0, 0.1) is 0 Å². The van der Waals surface area contributed by atoms with Crippen molar-refractivity contribution in [2.24, 2.45) is 0 Å². The number of aromatic nitrogens is 1. The van der Waals surface area contributed by atoms with Gasteiger partial charge in [0.1, 0.15) is 17.2 Å². The maximum Gasteiger partial charge on any atom is 0.268 e. The van der Waals surface area contributed by atoms with Crippen molar-refractivity contribution in [2.75, 3.05) is 87.8 Å². The van der Waals surface area contributed by atoms with Gasteiger partial charge in [-0.2, -0.15) is 0 Å². The molecular formula is C37H48N4O6. The first-order valence-corrected chi connectivity index (χ1v) is 16.3. The lowest BCUT2D eigenvalue weighted by Gasteiger charge is -2.26. The topological polar surface area (TPSA) is 86.7 Å². The summed E-state index contributed by atoms with van der Waals surface area (Å²) in [7, 11) is 7.32. The number of nitrogens with zero attached hydrogens (tertiary/aromatic N) is 3. The Morgan fingerprint density at radius 1 is 0.851 bits per heavy atom. The monoisotopic (exact) mass is 644 g/mol. The van der Waals surface area contributed by atoms with Crippen LogP contribution in [0.25, 0.3) is 10.9 Å². The van der Waals surface area contributed by atoms with Crippen LogP contribution in [0.5, 0.6) is 11.5 Å². The van der Waals surface area contributed by atoms with Crippen molar-refractivity contribution < 1.29 is 28.5 Å². The van der Waals surface area contributed by atoms with Crippen molar-refractivity contribution in [3.05, 3.63) is 95.2 Å². The van der Waals surface area contributed by atoms with Gasteiger partial charge in [0.2, 0.25) is 0 Å². The van der Waals surface area contributed by atoms with Crippen molar-refractivity contribution in [3.63, 3.8) is 0 Å². The zero-order valence-corrected chi connectivity index (χ0v) is 28.1. The number of carbonyl (C=O) groups excluding carboxylic acids is 1. The maximum absolute atomic E-state index is 14.4. The lowest BCUT2D eigenvalue weighted by molar-refractivity contribution is 0.0374. The summed E-state index contributed by atoms with van der Waals surface area (Å²) < 4.78 is 29.3. The highest BCUT2D eigenvalue weighted by molar-refractivity contribution is 6.03. The summed E-state index contributed by atoms with van der Waals surface area (Å²) in [6, 6.07) is 24.4. The summed E-state index contributed by atoms with van der Waals surface area (Å²) in [5.74, 6) is 1.11. The molecule has 1 N–H and O–H groups in total. The molecule has 10 nitrogen and oxygen atoms in total. The first-order valence-electron chi connectivity index (χ1n) is 16.3. The second-order valence-corrected chi connectivity index (χ2v) is 12.0. The molecule has 1 fully saturated rings. The van der Waals surface area contributed by atoms with Crippen LogP contribution in [0.15, 0.2) is 72.8 Å². The number of benzene rings is 3. The average molecular weight is 645 g/mol. The van der Waals surface area contributed by atoms with Crippen LogP contribution in [-0.4, -0.2) is 108 Å². The molecule has 0 atom stereocenters. The Bertz CT molecular complexity index is 1500. The Hall–Kier alpha value is -3.93. The Kier molecular flexibility index (Phi) is 12.7. The van der Waals surface area contributed by atoms with Crippen LogP contribution in [0.3, 0.4) is 0 Å². The minimum absolute atomic E-state index is 0.0676. The van der Waals surface area contributed by atoms with E-state index < -0.39 is 0 Å². The zero-order chi connectivity index (χ0) is 33.0. The summed E-state index contributed by atoms with van der Waals surface area (Å²) in [5.41, 5.74) is 4.77. The number of nitrogens with one attached hydrogen (secondary N) is 1. The molecule has 1 aliphatic rings. The van der Waals surface area contributed by atoms with Crippen molar-refractivity contribution >= 4 is 16.8 Å². The molecule has 1 aliphatic heterocycles. The third-order valence-corrected chi connectivity index (χ3v) is 8.44. The molecule has 1 amide bonds. The number of rotatable bonds is 17. The molecule has 252 valence electrons. The van der Waals surface area contributed by atoms with Crippen LogP contribution >= 0.6 is 0 Å². The van der Waals surface area contributed by atoms with E-state index in [-0.39, 0.29) is 25.4 Å². The molecule has 1 saturated heterocycles. The van der Waals surface area contributed by atoms with Crippen LogP contribution in [0.1, 0.15) is 39.5 Å². The molecule has 0 bridgehead atoms. The van der Waals surface area contributed by atoms with Crippen molar-refractivity contribution in [1.82, 2.24) is 19.7 Å². The molecular weight excluding hydrogens is 596 g/mol. The molecule has 3 aromatic carbocycles. The molecule has 0 aliphatic carbocycles. The number of likely N-dealkylation sites (N-methyl/N-ethyl adjacent to an activating group) is 1. The summed E-state index contributed by atoms with van der Waals surface area (Å²) in [6.45, 7) is 6.71. The van der Waals surface area contributed by atoms with E-state index in [1.807, 2.05) is 36.4 Å². The van der Waals surface area contributed by atoms with Crippen molar-refractivity contribution in [3.8, 4) is 11.5 Å². The van der Waals surface area contributed by atoms with Gasteiger partial charge < -0.3 is 38.5 Å². The molecule has 0 radical (unpaired) electrons. The zero-order valence-electron chi connectivity index (χ0n) is 28.1. The van der Waals surface area contributed by atoms with Crippen molar-refractivity contribution in [1.29, 1.82) is 0 Å². The number of amides is 1. The molecule has 4 aromatic rings.